The molecular weight excluding hydrogens is 318 g/mol. The molecule has 3 aromatic heterocycles. The Balaban J connectivity index is 1.96. The van der Waals surface area contributed by atoms with Gasteiger partial charge >= 0.3 is 0 Å². The molecule has 0 unspecified atom stereocenters. The van der Waals surface area contributed by atoms with Gasteiger partial charge in [0.05, 0.1) is 24.7 Å². The van der Waals surface area contributed by atoms with Crippen LogP contribution < -0.4 is 9.46 Å². The normalized spacial score (nSPS) is 11.6. The number of aryl methyl sites for hydroxylation is 2. The van der Waals surface area contributed by atoms with Crippen LogP contribution in [-0.4, -0.2) is 35.3 Å². The summed E-state index contributed by atoms with van der Waals surface area (Å²) in [5.74, 6) is 0.405. The van der Waals surface area contributed by atoms with Crippen molar-refractivity contribution >= 4 is 26.7 Å². The number of hydrogen-bond acceptors (Lipinski definition) is 6. The molecule has 0 atom stereocenters. The van der Waals surface area contributed by atoms with Gasteiger partial charge in [0.1, 0.15) is 4.90 Å². The van der Waals surface area contributed by atoms with Crippen LogP contribution in [0.4, 0.5) is 5.69 Å². The molecule has 0 radical (unpaired) electrons. The van der Waals surface area contributed by atoms with Gasteiger partial charge in [0, 0.05) is 24.7 Å². The van der Waals surface area contributed by atoms with Crippen molar-refractivity contribution in [2.75, 3.05) is 11.8 Å². The van der Waals surface area contributed by atoms with Crippen molar-refractivity contribution < 1.29 is 13.2 Å². The first-order chi connectivity index (χ1) is 10.9. The Hall–Kier alpha value is -2.68. The maximum atomic E-state index is 12.5. The third-order valence-corrected chi connectivity index (χ3v) is 4.69. The number of hydrogen-bond donors (Lipinski definition) is 1. The molecule has 8 nitrogen and oxygen atoms in total. The predicted molar refractivity (Wildman–Crippen MR) is 84.8 cm³/mol. The second-order valence-electron chi connectivity index (χ2n) is 4.95. The second-order valence-corrected chi connectivity index (χ2v) is 6.63. The largest absolute Gasteiger partial charge is 0.481 e. The molecule has 0 aromatic carbocycles. The number of nitrogens with one attached hydrogen (secondary N) is 1. The van der Waals surface area contributed by atoms with E-state index in [4.69, 9.17) is 4.74 Å². The van der Waals surface area contributed by atoms with Gasteiger partial charge < -0.3 is 4.74 Å². The number of anilines is 1. The van der Waals surface area contributed by atoms with Gasteiger partial charge in [0.2, 0.25) is 5.88 Å². The number of nitrogens with zero attached hydrogens (tertiary/aromatic N) is 4. The van der Waals surface area contributed by atoms with Crippen molar-refractivity contribution in [2.24, 2.45) is 7.05 Å². The van der Waals surface area contributed by atoms with Crippen LogP contribution in [-0.2, 0) is 17.1 Å². The summed E-state index contributed by atoms with van der Waals surface area (Å²) in [5, 5.41) is 4.93. The molecule has 0 spiro atoms. The molecule has 0 aliphatic heterocycles. The van der Waals surface area contributed by atoms with Gasteiger partial charge in [-0.05, 0) is 19.1 Å². The SMILES string of the molecule is COc1ccc(NS(=O)(=O)c2cnc3c(c2)c(C)nn3C)cn1. The average Bonchev–Trinajstić information content (AvgIpc) is 2.82. The van der Waals surface area contributed by atoms with Gasteiger partial charge in [0.15, 0.2) is 5.65 Å². The van der Waals surface area contributed by atoms with E-state index in [2.05, 4.69) is 19.8 Å². The third kappa shape index (κ3) is 2.82. The van der Waals surface area contributed by atoms with Crippen LogP contribution in [0.1, 0.15) is 5.69 Å². The van der Waals surface area contributed by atoms with Gasteiger partial charge in [0.25, 0.3) is 10.0 Å². The Morgan fingerprint density at radius 1 is 1.22 bits per heavy atom. The molecule has 0 saturated carbocycles. The molecule has 3 aromatic rings. The van der Waals surface area contributed by atoms with E-state index >= 15 is 0 Å². The lowest BCUT2D eigenvalue weighted by Crippen LogP contribution is -2.13. The Kier molecular flexibility index (Phi) is 3.64. The maximum absolute atomic E-state index is 12.5. The lowest BCUT2D eigenvalue weighted by molar-refractivity contribution is 0.398. The highest BCUT2D eigenvalue weighted by Crippen LogP contribution is 2.21. The van der Waals surface area contributed by atoms with Crippen molar-refractivity contribution in [2.45, 2.75) is 11.8 Å². The smallest absolute Gasteiger partial charge is 0.263 e. The van der Waals surface area contributed by atoms with E-state index in [1.54, 1.807) is 36.9 Å². The zero-order chi connectivity index (χ0) is 16.6. The summed E-state index contributed by atoms with van der Waals surface area (Å²) in [6, 6.07) is 4.71. The highest BCUT2D eigenvalue weighted by atomic mass is 32.2. The molecule has 1 N–H and O–H groups in total. The standard InChI is InChI=1S/C14H15N5O3S/c1-9-12-6-11(8-16-14(12)19(2)17-9)23(20,21)18-10-4-5-13(22-3)15-7-10/h4-8,18H,1-3H3. The Bertz CT molecular complexity index is 964. The van der Waals surface area contributed by atoms with Crippen LogP contribution in [0, 0.1) is 6.92 Å². The highest BCUT2D eigenvalue weighted by Gasteiger charge is 2.17. The Morgan fingerprint density at radius 3 is 2.65 bits per heavy atom. The van der Waals surface area contributed by atoms with Gasteiger partial charge in [-0.2, -0.15) is 5.10 Å². The van der Waals surface area contributed by atoms with E-state index in [9.17, 15) is 8.42 Å². The Labute approximate surface area is 133 Å². The molecular formula is C14H15N5O3S. The lowest BCUT2D eigenvalue weighted by Gasteiger charge is -2.08. The van der Waals surface area contributed by atoms with Crippen molar-refractivity contribution in [3.63, 3.8) is 0 Å². The van der Waals surface area contributed by atoms with Gasteiger partial charge in [-0.3, -0.25) is 9.40 Å². The van der Waals surface area contributed by atoms with Crippen LogP contribution in [0.5, 0.6) is 5.88 Å². The topological polar surface area (TPSA) is 99.0 Å². The molecule has 0 bridgehead atoms. The third-order valence-electron chi connectivity index (χ3n) is 3.35. The fourth-order valence-electron chi connectivity index (χ4n) is 2.21. The van der Waals surface area contributed by atoms with Crippen molar-refractivity contribution in [1.82, 2.24) is 19.7 Å². The zero-order valence-corrected chi connectivity index (χ0v) is 13.6. The molecule has 3 rings (SSSR count). The fraction of sp³-hybridized carbons (Fsp3) is 0.214. The average molecular weight is 333 g/mol. The molecule has 9 heteroatoms. The van der Waals surface area contributed by atoms with Crippen molar-refractivity contribution in [3.8, 4) is 5.88 Å². The first-order valence-corrected chi connectivity index (χ1v) is 8.21. The summed E-state index contributed by atoms with van der Waals surface area (Å²) in [7, 11) is -0.511. The highest BCUT2D eigenvalue weighted by molar-refractivity contribution is 7.92. The number of pyridine rings is 2. The van der Waals surface area contributed by atoms with E-state index in [1.807, 2.05) is 0 Å². The molecule has 0 fully saturated rings. The molecule has 23 heavy (non-hydrogen) atoms. The summed E-state index contributed by atoms with van der Waals surface area (Å²) in [5.41, 5.74) is 1.69. The summed E-state index contributed by atoms with van der Waals surface area (Å²) in [6.45, 7) is 1.81. The summed E-state index contributed by atoms with van der Waals surface area (Å²) < 4.78 is 34.0. The fourth-order valence-corrected chi connectivity index (χ4v) is 3.22. The second kappa shape index (κ2) is 5.51. The van der Waals surface area contributed by atoms with Crippen LogP contribution >= 0.6 is 0 Å². The summed E-state index contributed by atoms with van der Waals surface area (Å²) in [4.78, 5) is 8.21. The summed E-state index contributed by atoms with van der Waals surface area (Å²) in [6.07, 6.45) is 2.69. The molecule has 0 aliphatic rings. The minimum atomic E-state index is -3.76. The molecule has 120 valence electrons. The van der Waals surface area contributed by atoms with E-state index in [-0.39, 0.29) is 4.90 Å². The molecule has 0 amide bonds. The van der Waals surface area contributed by atoms with Crippen LogP contribution in [0.25, 0.3) is 11.0 Å². The minimum Gasteiger partial charge on any atom is -0.481 e. The lowest BCUT2D eigenvalue weighted by atomic mass is 10.3. The zero-order valence-electron chi connectivity index (χ0n) is 12.8. The minimum absolute atomic E-state index is 0.0666. The molecule has 0 saturated heterocycles. The van der Waals surface area contributed by atoms with Crippen molar-refractivity contribution in [1.29, 1.82) is 0 Å². The maximum Gasteiger partial charge on any atom is 0.263 e. The number of ether oxygens (including phenoxy) is 1. The van der Waals surface area contributed by atoms with Crippen LogP contribution in [0.15, 0.2) is 35.5 Å². The number of sulfonamides is 1. The van der Waals surface area contributed by atoms with Crippen LogP contribution in [0.2, 0.25) is 0 Å². The van der Waals surface area contributed by atoms with Gasteiger partial charge in [-0.25, -0.2) is 18.4 Å². The van der Waals surface area contributed by atoms with E-state index in [1.165, 1.54) is 19.5 Å². The monoisotopic (exact) mass is 333 g/mol. The van der Waals surface area contributed by atoms with Crippen LogP contribution in [0.3, 0.4) is 0 Å². The first kappa shape index (κ1) is 15.2. The number of methoxy groups -OCH3 is 1. The number of fused-ring (bicyclic) bond motifs is 1. The van der Waals surface area contributed by atoms with Gasteiger partial charge in [-0.15, -0.1) is 0 Å². The first-order valence-electron chi connectivity index (χ1n) is 6.73. The Morgan fingerprint density at radius 2 is 2.00 bits per heavy atom. The number of rotatable bonds is 4. The molecule has 3 heterocycles. The van der Waals surface area contributed by atoms with E-state index in [0.717, 1.165) is 5.69 Å². The van der Waals surface area contributed by atoms with Gasteiger partial charge in [-0.1, -0.05) is 0 Å². The summed E-state index contributed by atoms with van der Waals surface area (Å²) >= 11 is 0. The van der Waals surface area contributed by atoms with E-state index in [0.29, 0.717) is 22.6 Å². The predicted octanol–water partition coefficient (Wildman–Crippen LogP) is 1.48. The van der Waals surface area contributed by atoms with Crippen molar-refractivity contribution in [3.05, 3.63) is 36.3 Å². The molecule has 0 aliphatic carbocycles. The quantitative estimate of drug-likeness (QED) is 0.776. The number of aromatic nitrogens is 4. The van der Waals surface area contributed by atoms with E-state index < -0.39 is 10.0 Å².